The van der Waals surface area contributed by atoms with Gasteiger partial charge in [-0.1, -0.05) is 48.0 Å². The Morgan fingerprint density at radius 1 is 1.08 bits per heavy atom. The van der Waals surface area contributed by atoms with Crippen molar-refractivity contribution in [3.63, 3.8) is 0 Å². The first-order valence-electron chi connectivity index (χ1n) is 7.39. The van der Waals surface area contributed by atoms with E-state index < -0.39 is 10.0 Å². The van der Waals surface area contributed by atoms with Crippen molar-refractivity contribution in [2.75, 3.05) is 0 Å². The monoisotopic (exact) mass is 374 g/mol. The van der Waals surface area contributed by atoms with Gasteiger partial charge >= 0.3 is 0 Å². The van der Waals surface area contributed by atoms with Crippen molar-refractivity contribution in [2.24, 2.45) is 5.10 Å². The van der Waals surface area contributed by atoms with Crippen molar-refractivity contribution in [1.82, 2.24) is 14.6 Å². The van der Waals surface area contributed by atoms with E-state index in [2.05, 4.69) is 15.0 Å². The number of hydrogen-bond acceptors (Lipinski definition) is 4. The van der Waals surface area contributed by atoms with Crippen LogP contribution >= 0.6 is 11.6 Å². The molecular formula is C17H15ClN4O2S. The molecule has 0 amide bonds. The van der Waals surface area contributed by atoms with Crippen molar-refractivity contribution in [3.8, 4) is 5.69 Å². The Morgan fingerprint density at radius 2 is 1.68 bits per heavy atom. The van der Waals surface area contributed by atoms with Gasteiger partial charge < -0.3 is 0 Å². The highest BCUT2D eigenvalue weighted by Crippen LogP contribution is 2.20. The number of rotatable bonds is 5. The summed E-state index contributed by atoms with van der Waals surface area (Å²) in [7, 11) is -3.72. The van der Waals surface area contributed by atoms with E-state index in [0.29, 0.717) is 5.56 Å². The van der Waals surface area contributed by atoms with Crippen LogP contribution in [-0.2, 0) is 10.0 Å². The largest absolute Gasteiger partial charge is 0.276 e. The zero-order valence-corrected chi connectivity index (χ0v) is 14.9. The van der Waals surface area contributed by atoms with Crippen LogP contribution in [0.25, 0.3) is 5.69 Å². The molecule has 6 nitrogen and oxygen atoms in total. The van der Waals surface area contributed by atoms with Crippen molar-refractivity contribution < 1.29 is 8.42 Å². The van der Waals surface area contributed by atoms with Crippen LogP contribution in [0.4, 0.5) is 0 Å². The summed E-state index contributed by atoms with van der Waals surface area (Å²) in [5.74, 6) is 0. The number of hydrogen-bond donors (Lipinski definition) is 1. The van der Waals surface area contributed by atoms with E-state index in [0.717, 1.165) is 11.4 Å². The smallest absolute Gasteiger partial charge is 0.236 e. The molecule has 128 valence electrons. The lowest BCUT2D eigenvalue weighted by Gasteiger charge is -2.04. The molecule has 0 atom stereocenters. The molecule has 1 heterocycles. The zero-order valence-electron chi connectivity index (χ0n) is 13.3. The predicted molar refractivity (Wildman–Crippen MR) is 97.7 cm³/mol. The average molecular weight is 375 g/mol. The Bertz CT molecular complexity index is 1000. The molecule has 0 fully saturated rings. The second-order valence-corrected chi connectivity index (χ2v) is 7.22. The van der Waals surface area contributed by atoms with E-state index >= 15 is 0 Å². The molecule has 2 aromatic carbocycles. The fraction of sp³-hybridized carbons (Fsp3) is 0.0588. The molecule has 0 spiro atoms. The van der Waals surface area contributed by atoms with Crippen molar-refractivity contribution in [1.29, 1.82) is 0 Å². The maximum absolute atomic E-state index is 12.1. The SMILES string of the molecule is Cc1c(/C=N\NS(=O)(=O)c2ccccc2)c(Cl)nn1-c1ccccc1. The molecule has 25 heavy (non-hydrogen) atoms. The van der Waals surface area contributed by atoms with Crippen molar-refractivity contribution >= 4 is 27.8 Å². The van der Waals surface area contributed by atoms with E-state index in [4.69, 9.17) is 11.6 Å². The molecule has 0 aliphatic carbocycles. The molecule has 0 saturated heterocycles. The molecule has 0 aliphatic rings. The number of hydrazone groups is 1. The lowest BCUT2D eigenvalue weighted by Crippen LogP contribution is -2.18. The Balaban J connectivity index is 1.84. The van der Waals surface area contributed by atoms with Gasteiger partial charge in [-0.15, -0.1) is 0 Å². The molecule has 0 aliphatic heterocycles. The molecule has 0 radical (unpaired) electrons. The Hall–Kier alpha value is -2.64. The highest BCUT2D eigenvalue weighted by atomic mass is 35.5. The van der Waals surface area contributed by atoms with Crippen LogP contribution in [-0.4, -0.2) is 24.4 Å². The summed E-state index contributed by atoms with van der Waals surface area (Å²) in [6.07, 6.45) is 1.35. The van der Waals surface area contributed by atoms with Gasteiger partial charge in [0.15, 0.2) is 5.15 Å². The number of nitrogens with one attached hydrogen (secondary N) is 1. The minimum absolute atomic E-state index is 0.134. The van der Waals surface area contributed by atoms with Crippen LogP contribution in [0.15, 0.2) is 70.7 Å². The number of sulfonamides is 1. The predicted octanol–water partition coefficient (Wildman–Crippen LogP) is 3.15. The van der Waals surface area contributed by atoms with Crippen molar-refractivity contribution in [2.45, 2.75) is 11.8 Å². The van der Waals surface area contributed by atoms with Crippen LogP contribution in [0.2, 0.25) is 5.15 Å². The average Bonchev–Trinajstić information content (AvgIpc) is 2.91. The van der Waals surface area contributed by atoms with Gasteiger partial charge in [-0.3, -0.25) is 0 Å². The zero-order chi connectivity index (χ0) is 17.9. The van der Waals surface area contributed by atoms with E-state index in [1.54, 1.807) is 22.9 Å². The molecule has 3 rings (SSSR count). The van der Waals surface area contributed by atoms with E-state index in [9.17, 15) is 8.42 Å². The van der Waals surface area contributed by atoms with E-state index in [1.165, 1.54) is 18.3 Å². The summed E-state index contributed by atoms with van der Waals surface area (Å²) in [5, 5.41) is 8.32. The van der Waals surface area contributed by atoms with Gasteiger partial charge in [0.05, 0.1) is 28.1 Å². The summed E-state index contributed by atoms with van der Waals surface area (Å²) in [6, 6.07) is 17.5. The van der Waals surface area contributed by atoms with E-state index in [1.807, 2.05) is 37.3 Å². The topological polar surface area (TPSA) is 76.3 Å². The molecule has 1 aromatic heterocycles. The van der Waals surface area contributed by atoms with Crippen LogP contribution in [0.5, 0.6) is 0 Å². The third-order valence-corrected chi connectivity index (χ3v) is 5.06. The van der Waals surface area contributed by atoms with Crippen LogP contribution < -0.4 is 4.83 Å². The van der Waals surface area contributed by atoms with Gasteiger partial charge in [0.2, 0.25) is 0 Å². The first-order chi connectivity index (χ1) is 12.0. The van der Waals surface area contributed by atoms with Gasteiger partial charge in [0.25, 0.3) is 10.0 Å². The molecule has 0 saturated carbocycles. The maximum Gasteiger partial charge on any atom is 0.276 e. The molecular weight excluding hydrogens is 360 g/mol. The molecule has 0 bridgehead atoms. The summed E-state index contributed by atoms with van der Waals surface area (Å²) in [5.41, 5.74) is 2.14. The quantitative estimate of drug-likeness (QED) is 0.550. The fourth-order valence-electron chi connectivity index (χ4n) is 2.26. The standard InChI is InChI=1S/C17H15ClN4O2S/c1-13-16(17(18)20-22(13)14-8-4-2-5-9-14)12-19-21-25(23,24)15-10-6-3-7-11-15/h2-12,21H,1H3/b19-12-. The highest BCUT2D eigenvalue weighted by Gasteiger charge is 2.14. The second kappa shape index (κ2) is 7.08. The van der Waals surface area contributed by atoms with Crippen LogP contribution in [0, 0.1) is 6.92 Å². The van der Waals surface area contributed by atoms with Gasteiger partial charge in [-0.2, -0.15) is 18.6 Å². The minimum atomic E-state index is -3.72. The maximum atomic E-state index is 12.1. The number of benzene rings is 2. The molecule has 3 aromatic rings. The second-order valence-electron chi connectivity index (χ2n) is 5.20. The normalized spacial score (nSPS) is 11.8. The van der Waals surface area contributed by atoms with Gasteiger partial charge in [0.1, 0.15) is 0 Å². The number of aromatic nitrogens is 2. The minimum Gasteiger partial charge on any atom is -0.236 e. The lowest BCUT2D eigenvalue weighted by atomic mass is 10.2. The third-order valence-electron chi connectivity index (χ3n) is 3.54. The van der Waals surface area contributed by atoms with Gasteiger partial charge in [-0.25, -0.2) is 9.51 Å². The van der Waals surface area contributed by atoms with Gasteiger partial charge in [0, 0.05) is 0 Å². The molecule has 8 heteroatoms. The van der Waals surface area contributed by atoms with Crippen LogP contribution in [0.1, 0.15) is 11.3 Å². The number of halogens is 1. The lowest BCUT2D eigenvalue weighted by molar-refractivity contribution is 0.584. The van der Waals surface area contributed by atoms with E-state index in [-0.39, 0.29) is 10.0 Å². The summed E-state index contributed by atoms with van der Waals surface area (Å²) in [6.45, 7) is 1.83. The Labute approximate surface area is 150 Å². The molecule has 0 unspecified atom stereocenters. The first kappa shape index (κ1) is 17.2. The number of para-hydroxylation sites is 1. The highest BCUT2D eigenvalue weighted by molar-refractivity contribution is 7.89. The summed E-state index contributed by atoms with van der Waals surface area (Å²) < 4.78 is 26.0. The Morgan fingerprint density at radius 3 is 2.32 bits per heavy atom. The van der Waals surface area contributed by atoms with Crippen LogP contribution in [0.3, 0.4) is 0 Å². The first-order valence-corrected chi connectivity index (χ1v) is 9.25. The van der Waals surface area contributed by atoms with Crippen molar-refractivity contribution in [3.05, 3.63) is 77.1 Å². The summed E-state index contributed by atoms with van der Waals surface area (Å²) in [4.78, 5) is 2.31. The Kier molecular flexibility index (Phi) is 4.87. The van der Waals surface area contributed by atoms with Gasteiger partial charge in [-0.05, 0) is 31.2 Å². The third kappa shape index (κ3) is 3.72. The summed E-state index contributed by atoms with van der Waals surface area (Å²) >= 11 is 6.17. The fourth-order valence-corrected chi connectivity index (χ4v) is 3.33. The molecule has 1 N–H and O–H groups in total. The number of nitrogens with zero attached hydrogens (tertiary/aromatic N) is 3.